The molecule has 0 amide bonds. The van der Waals surface area contributed by atoms with E-state index >= 15 is 0 Å². The van der Waals surface area contributed by atoms with Crippen LogP contribution < -0.4 is 5.32 Å². The maximum Gasteiger partial charge on any atom is 0.0613 e. The molecular weight excluding hydrogens is 226 g/mol. The highest BCUT2D eigenvalue weighted by molar-refractivity contribution is 4.91. The topological polar surface area (TPSA) is 41.5 Å². The van der Waals surface area contributed by atoms with Crippen LogP contribution in [-0.2, 0) is 4.74 Å². The molecule has 0 aromatic heterocycles. The Labute approximate surface area is 111 Å². The smallest absolute Gasteiger partial charge is 0.0613 e. The van der Waals surface area contributed by atoms with E-state index in [9.17, 15) is 5.11 Å². The Kier molecular flexibility index (Phi) is 5.46. The van der Waals surface area contributed by atoms with Gasteiger partial charge >= 0.3 is 0 Å². The zero-order valence-electron chi connectivity index (χ0n) is 11.8. The van der Waals surface area contributed by atoms with Crippen LogP contribution in [0.25, 0.3) is 0 Å². The summed E-state index contributed by atoms with van der Waals surface area (Å²) in [5.74, 6) is 0.719. The molecule has 2 atom stereocenters. The van der Waals surface area contributed by atoms with Gasteiger partial charge in [0.15, 0.2) is 0 Å². The highest BCUT2D eigenvalue weighted by Gasteiger charge is 2.32. The zero-order valence-corrected chi connectivity index (χ0v) is 11.8. The first-order chi connectivity index (χ1) is 8.76. The number of ether oxygens (including phenoxy) is 1. The van der Waals surface area contributed by atoms with Gasteiger partial charge in [0.2, 0.25) is 0 Å². The van der Waals surface area contributed by atoms with Crippen LogP contribution in [0.4, 0.5) is 0 Å². The van der Waals surface area contributed by atoms with E-state index in [1.54, 1.807) is 0 Å². The van der Waals surface area contributed by atoms with Crippen molar-refractivity contribution in [2.45, 2.75) is 69.9 Å². The summed E-state index contributed by atoms with van der Waals surface area (Å²) in [6.07, 6.45) is 10.4. The minimum absolute atomic E-state index is 0.00153. The quantitative estimate of drug-likeness (QED) is 0.716. The third-order valence-corrected chi connectivity index (χ3v) is 4.83. The molecule has 2 saturated carbocycles. The molecule has 0 bridgehead atoms. The van der Waals surface area contributed by atoms with E-state index in [0.717, 1.165) is 31.9 Å². The second-order valence-corrected chi connectivity index (χ2v) is 6.24. The lowest BCUT2D eigenvalue weighted by Gasteiger charge is -2.31. The second-order valence-electron chi connectivity index (χ2n) is 6.24. The van der Waals surface area contributed by atoms with Crippen LogP contribution in [0.2, 0.25) is 0 Å². The van der Waals surface area contributed by atoms with E-state index in [4.69, 9.17) is 4.74 Å². The second kappa shape index (κ2) is 6.88. The first-order valence-electron chi connectivity index (χ1n) is 7.73. The molecule has 2 N–H and O–H groups in total. The summed E-state index contributed by atoms with van der Waals surface area (Å²) in [6, 6.07) is 0. The third kappa shape index (κ3) is 3.69. The van der Waals surface area contributed by atoms with Crippen LogP contribution in [-0.4, -0.2) is 36.5 Å². The van der Waals surface area contributed by atoms with E-state index in [-0.39, 0.29) is 12.1 Å². The highest BCUT2D eigenvalue weighted by atomic mass is 16.5. The molecule has 0 aliphatic heterocycles. The zero-order chi connectivity index (χ0) is 12.8. The van der Waals surface area contributed by atoms with E-state index in [1.807, 2.05) is 0 Å². The van der Waals surface area contributed by atoms with Crippen molar-refractivity contribution in [2.75, 3.05) is 19.8 Å². The Morgan fingerprint density at radius 1 is 1.17 bits per heavy atom. The molecule has 2 rings (SSSR count). The molecule has 2 fully saturated rings. The monoisotopic (exact) mass is 255 g/mol. The highest BCUT2D eigenvalue weighted by Crippen LogP contribution is 2.29. The number of hydrogen-bond acceptors (Lipinski definition) is 3. The molecule has 0 heterocycles. The fourth-order valence-corrected chi connectivity index (χ4v) is 3.50. The Bertz CT molecular complexity index is 239. The van der Waals surface area contributed by atoms with Gasteiger partial charge in [-0.15, -0.1) is 0 Å². The Hall–Kier alpha value is -0.120. The summed E-state index contributed by atoms with van der Waals surface area (Å²) in [5.41, 5.74) is 0.00153. The summed E-state index contributed by atoms with van der Waals surface area (Å²) in [4.78, 5) is 0. The fraction of sp³-hybridized carbons (Fsp3) is 1.00. The molecule has 3 nitrogen and oxygen atoms in total. The van der Waals surface area contributed by atoms with E-state index in [2.05, 4.69) is 12.2 Å². The summed E-state index contributed by atoms with van der Waals surface area (Å²) in [5, 5.41) is 13.0. The molecule has 0 aromatic carbocycles. The van der Waals surface area contributed by atoms with Gasteiger partial charge in [-0.05, 0) is 31.6 Å². The number of hydrogen-bond donors (Lipinski definition) is 2. The summed E-state index contributed by atoms with van der Waals surface area (Å²) >= 11 is 0. The number of aliphatic hydroxyl groups excluding tert-OH is 1. The predicted molar refractivity (Wildman–Crippen MR) is 73.7 cm³/mol. The van der Waals surface area contributed by atoms with Gasteiger partial charge in [0, 0.05) is 12.1 Å². The summed E-state index contributed by atoms with van der Waals surface area (Å²) in [7, 11) is 0. The van der Waals surface area contributed by atoms with Crippen molar-refractivity contribution in [1.29, 1.82) is 0 Å². The van der Waals surface area contributed by atoms with Gasteiger partial charge in [0.25, 0.3) is 0 Å². The van der Waals surface area contributed by atoms with Crippen molar-refractivity contribution >= 4 is 0 Å². The van der Waals surface area contributed by atoms with Crippen LogP contribution in [0.1, 0.15) is 58.3 Å². The van der Waals surface area contributed by atoms with Crippen LogP contribution in [0.15, 0.2) is 0 Å². The standard InChI is InChI=1S/C15H29NO2/c1-13-6-2-3-7-14(13)18-11-10-16-15(12-17)8-4-5-9-15/h13-14,16-17H,2-12H2,1H3. The number of rotatable bonds is 6. The van der Waals surface area contributed by atoms with E-state index in [0.29, 0.717) is 6.10 Å². The molecule has 0 spiro atoms. The van der Waals surface area contributed by atoms with E-state index in [1.165, 1.54) is 38.5 Å². The molecule has 0 saturated heterocycles. The van der Waals surface area contributed by atoms with Crippen molar-refractivity contribution in [1.82, 2.24) is 5.32 Å². The minimum atomic E-state index is 0.00153. The lowest BCUT2D eigenvalue weighted by molar-refractivity contribution is -0.00649. The van der Waals surface area contributed by atoms with Gasteiger partial charge in [0.1, 0.15) is 0 Å². The van der Waals surface area contributed by atoms with Gasteiger partial charge in [0.05, 0.1) is 19.3 Å². The average Bonchev–Trinajstić information content (AvgIpc) is 2.86. The van der Waals surface area contributed by atoms with Gasteiger partial charge in [-0.3, -0.25) is 0 Å². The third-order valence-electron chi connectivity index (χ3n) is 4.83. The number of aliphatic hydroxyl groups is 1. The molecule has 0 radical (unpaired) electrons. The maximum atomic E-state index is 9.50. The molecule has 3 heteroatoms. The predicted octanol–water partition coefficient (Wildman–Crippen LogP) is 2.48. The van der Waals surface area contributed by atoms with Gasteiger partial charge < -0.3 is 15.2 Å². The van der Waals surface area contributed by atoms with E-state index < -0.39 is 0 Å². The van der Waals surface area contributed by atoms with Crippen LogP contribution in [0.3, 0.4) is 0 Å². The maximum absolute atomic E-state index is 9.50. The van der Waals surface area contributed by atoms with Crippen molar-refractivity contribution in [3.05, 3.63) is 0 Å². The summed E-state index contributed by atoms with van der Waals surface area (Å²) < 4.78 is 6.00. The minimum Gasteiger partial charge on any atom is -0.394 e. The largest absolute Gasteiger partial charge is 0.394 e. The number of nitrogens with one attached hydrogen (secondary N) is 1. The van der Waals surface area contributed by atoms with Crippen molar-refractivity contribution in [3.8, 4) is 0 Å². The van der Waals surface area contributed by atoms with Gasteiger partial charge in [-0.25, -0.2) is 0 Å². The van der Waals surface area contributed by atoms with Gasteiger partial charge in [-0.1, -0.05) is 32.6 Å². The first-order valence-corrected chi connectivity index (χ1v) is 7.73. The normalized spacial score (nSPS) is 31.7. The lowest BCUT2D eigenvalue weighted by Crippen LogP contribution is -2.47. The first kappa shape index (κ1) is 14.3. The molecule has 2 unspecified atom stereocenters. The fourth-order valence-electron chi connectivity index (χ4n) is 3.50. The molecule has 106 valence electrons. The Morgan fingerprint density at radius 2 is 1.89 bits per heavy atom. The Morgan fingerprint density at radius 3 is 2.56 bits per heavy atom. The van der Waals surface area contributed by atoms with Crippen molar-refractivity contribution in [3.63, 3.8) is 0 Å². The van der Waals surface area contributed by atoms with Gasteiger partial charge in [-0.2, -0.15) is 0 Å². The lowest BCUT2D eigenvalue weighted by atomic mass is 9.88. The van der Waals surface area contributed by atoms with Crippen LogP contribution in [0, 0.1) is 5.92 Å². The molecule has 2 aliphatic carbocycles. The van der Waals surface area contributed by atoms with Crippen LogP contribution in [0.5, 0.6) is 0 Å². The van der Waals surface area contributed by atoms with Crippen molar-refractivity contribution < 1.29 is 9.84 Å². The van der Waals surface area contributed by atoms with Crippen LogP contribution >= 0.6 is 0 Å². The molecule has 18 heavy (non-hydrogen) atoms. The molecule has 0 aromatic rings. The summed E-state index contributed by atoms with van der Waals surface area (Å²) in [6.45, 7) is 4.25. The SMILES string of the molecule is CC1CCCCC1OCCNC1(CO)CCCC1. The molecular formula is C15H29NO2. The Balaban J connectivity index is 1.63. The molecule has 2 aliphatic rings. The van der Waals surface area contributed by atoms with Crippen molar-refractivity contribution in [2.24, 2.45) is 5.92 Å². The average molecular weight is 255 g/mol.